The van der Waals surface area contributed by atoms with Gasteiger partial charge in [0.05, 0.1) is 16.9 Å². The second kappa shape index (κ2) is 9.32. The molecule has 0 spiro atoms. The van der Waals surface area contributed by atoms with Crippen LogP contribution in [0.15, 0.2) is 66.7 Å². The molecule has 0 radical (unpaired) electrons. The Labute approximate surface area is 197 Å². The molecule has 0 saturated heterocycles. The number of carbonyl (C=O) groups is 1. The Kier molecular flexibility index (Phi) is 6.29. The quantitative estimate of drug-likeness (QED) is 0.344. The van der Waals surface area contributed by atoms with Crippen molar-refractivity contribution in [3.8, 4) is 28.5 Å². The molecule has 4 aromatic rings. The van der Waals surface area contributed by atoms with Crippen LogP contribution in [0.3, 0.4) is 0 Å². The first-order valence-corrected chi connectivity index (χ1v) is 11.0. The van der Waals surface area contributed by atoms with Crippen LogP contribution < -0.4 is 5.32 Å². The Morgan fingerprint density at radius 1 is 1.00 bits per heavy atom. The highest BCUT2D eigenvalue weighted by Crippen LogP contribution is 2.35. The number of hydrogen-bond acceptors (Lipinski definition) is 4. The van der Waals surface area contributed by atoms with Gasteiger partial charge in [0.2, 0.25) is 0 Å². The van der Waals surface area contributed by atoms with Gasteiger partial charge in [-0.3, -0.25) is 4.79 Å². The van der Waals surface area contributed by atoms with E-state index in [9.17, 15) is 19.6 Å². The van der Waals surface area contributed by atoms with E-state index in [4.69, 9.17) is 0 Å². The molecule has 2 N–H and O–H groups in total. The van der Waals surface area contributed by atoms with Gasteiger partial charge in [-0.15, -0.1) is 0 Å². The largest absolute Gasteiger partial charge is 0.480 e. The van der Waals surface area contributed by atoms with Crippen LogP contribution in [0.2, 0.25) is 0 Å². The van der Waals surface area contributed by atoms with Crippen LogP contribution in [-0.4, -0.2) is 22.1 Å². The van der Waals surface area contributed by atoms with Crippen molar-refractivity contribution >= 4 is 22.6 Å². The van der Waals surface area contributed by atoms with E-state index < -0.39 is 17.8 Å². The van der Waals surface area contributed by atoms with Crippen LogP contribution in [-0.2, 0) is 4.79 Å². The Bertz CT molecular complexity index is 1420. The Morgan fingerprint density at radius 3 is 2.35 bits per heavy atom. The lowest BCUT2D eigenvalue weighted by atomic mass is 9.95. The number of nitrogens with one attached hydrogen (secondary N) is 1. The molecule has 3 aromatic carbocycles. The number of hydrogen-bond donors (Lipinski definition) is 2. The summed E-state index contributed by atoms with van der Waals surface area (Å²) < 4.78 is 14.0. The maximum atomic E-state index is 14.0. The summed E-state index contributed by atoms with van der Waals surface area (Å²) >= 11 is 0. The van der Waals surface area contributed by atoms with Crippen molar-refractivity contribution < 1.29 is 14.3 Å². The van der Waals surface area contributed by atoms with Crippen LogP contribution in [0.1, 0.15) is 37.8 Å². The Morgan fingerprint density at radius 2 is 1.71 bits per heavy atom. The molecule has 1 heterocycles. The summed E-state index contributed by atoms with van der Waals surface area (Å²) in [6.45, 7) is 5.77. The molecule has 170 valence electrons. The van der Waals surface area contributed by atoms with E-state index in [0.29, 0.717) is 28.1 Å². The van der Waals surface area contributed by atoms with Crippen LogP contribution in [0.4, 0.5) is 10.1 Å². The SMILES string of the molecule is CC(Nc1c(C#N)c(-c2ccc(-c3cccc(C(C)C)c3)cc2)nc2ccc(F)cc12)C(=O)O. The highest BCUT2D eigenvalue weighted by molar-refractivity contribution is 5.99. The lowest BCUT2D eigenvalue weighted by molar-refractivity contribution is -0.137. The molecular formula is C28H24FN3O2. The molecule has 4 rings (SSSR count). The zero-order valence-electron chi connectivity index (χ0n) is 19.1. The number of aromatic nitrogens is 1. The van der Waals surface area contributed by atoms with Crippen LogP contribution in [0.25, 0.3) is 33.3 Å². The van der Waals surface area contributed by atoms with E-state index in [2.05, 4.69) is 48.4 Å². The summed E-state index contributed by atoms with van der Waals surface area (Å²) in [4.78, 5) is 16.1. The monoisotopic (exact) mass is 453 g/mol. The van der Waals surface area contributed by atoms with Crippen molar-refractivity contribution in [2.75, 3.05) is 5.32 Å². The molecule has 0 saturated carbocycles. The normalized spacial score (nSPS) is 11.9. The van der Waals surface area contributed by atoms with Crippen molar-refractivity contribution in [2.45, 2.75) is 32.7 Å². The van der Waals surface area contributed by atoms with Gasteiger partial charge in [-0.2, -0.15) is 5.26 Å². The number of carboxylic acid groups (broad SMARTS) is 1. The lowest BCUT2D eigenvalue weighted by Crippen LogP contribution is -2.26. The topological polar surface area (TPSA) is 86.0 Å². The summed E-state index contributed by atoms with van der Waals surface area (Å²) in [6, 6.07) is 21.3. The first-order valence-electron chi connectivity index (χ1n) is 11.0. The number of benzene rings is 3. The van der Waals surface area contributed by atoms with E-state index in [1.54, 1.807) is 0 Å². The molecule has 0 aliphatic carbocycles. The molecule has 0 aliphatic rings. The zero-order valence-corrected chi connectivity index (χ0v) is 19.1. The third kappa shape index (κ3) is 4.46. The minimum atomic E-state index is -1.08. The number of fused-ring (bicyclic) bond motifs is 1. The third-order valence-corrected chi connectivity index (χ3v) is 5.84. The Balaban J connectivity index is 1.84. The molecule has 34 heavy (non-hydrogen) atoms. The highest BCUT2D eigenvalue weighted by Gasteiger charge is 2.21. The number of aliphatic carboxylic acids is 1. The maximum absolute atomic E-state index is 14.0. The Hall–Kier alpha value is -4.24. The maximum Gasteiger partial charge on any atom is 0.325 e. The zero-order chi connectivity index (χ0) is 24.4. The van der Waals surface area contributed by atoms with E-state index in [1.807, 2.05) is 30.3 Å². The lowest BCUT2D eigenvalue weighted by Gasteiger charge is -2.17. The minimum Gasteiger partial charge on any atom is -0.480 e. The number of rotatable bonds is 6. The molecule has 1 atom stereocenters. The van der Waals surface area contributed by atoms with Crippen molar-refractivity contribution in [2.24, 2.45) is 0 Å². The molecule has 1 aromatic heterocycles. The number of anilines is 1. The summed E-state index contributed by atoms with van der Waals surface area (Å²) in [5.74, 6) is -1.16. The predicted octanol–water partition coefficient (Wildman–Crippen LogP) is 6.59. The van der Waals surface area contributed by atoms with Crippen molar-refractivity contribution in [1.82, 2.24) is 4.98 Å². The first kappa shape index (κ1) is 22.9. The number of halogens is 1. The molecule has 6 heteroatoms. The summed E-state index contributed by atoms with van der Waals surface area (Å²) in [5, 5.41) is 22.6. The van der Waals surface area contributed by atoms with Crippen molar-refractivity contribution in [3.63, 3.8) is 0 Å². The van der Waals surface area contributed by atoms with Crippen LogP contribution in [0.5, 0.6) is 0 Å². The highest BCUT2D eigenvalue weighted by atomic mass is 19.1. The second-order valence-electron chi connectivity index (χ2n) is 8.55. The van der Waals surface area contributed by atoms with E-state index in [1.165, 1.54) is 30.7 Å². The van der Waals surface area contributed by atoms with Crippen molar-refractivity contribution in [3.05, 3.63) is 83.7 Å². The molecule has 0 amide bonds. The van der Waals surface area contributed by atoms with Crippen LogP contribution >= 0.6 is 0 Å². The van der Waals surface area contributed by atoms with Gasteiger partial charge in [0.1, 0.15) is 23.5 Å². The van der Waals surface area contributed by atoms with Crippen LogP contribution in [0, 0.1) is 17.1 Å². The van der Waals surface area contributed by atoms with E-state index in [0.717, 1.165) is 11.1 Å². The molecule has 0 aliphatic heterocycles. The van der Waals surface area contributed by atoms with Gasteiger partial charge >= 0.3 is 5.97 Å². The van der Waals surface area contributed by atoms with Gasteiger partial charge in [0, 0.05) is 10.9 Å². The standard InChI is InChI=1S/C28H24FN3O2/c1-16(2)20-5-4-6-21(13-20)18-7-9-19(10-8-18)26-24(15-30)27(31-17(3)28(33)34)23-14-22(29)11-12-25(23)32-26/h4-14,16-17H,1-3H3,(H,31,32)(H,33,34). The van der Waals surface area contributed by atoms with Gasteiger partial charge in [-0.25, -0.2) is 9.37 Å². The minimum absolute atomic E-state index is 0.167. The second-order valence-corrected chi connectivity index (χ2v) is 8.55. The van der Waals surface area contributed by atoms with Gasteiger partial charge in [0.25, 0.3) is 0 Å². The van der Waals surface area contributed by atoms with Gasteiger partial charge < -0.3 is 10.4 Å². The number of pyridine rings is 1. The molecule has 5 nitrogen and oxygen atoms in total. The van der Waals surface area contributed by atoms with E-state index in [-0.39, 0.29) is 11.3 Å². The van der Waals surface area contributed by atoms with Gasteiger partial charge in [-0.1, -0.05) is 62.4 Å². The number of carboxylic acids is 1. The number of nitrogens with zero attached hydrogens (tertiary/aromatic N) is 2. The third-order valence-electron chi connectivity index (χ3n) is 5.84. The molecular weight excluding hydrogens is 429 g/mol. The molecule has 0 fully saturated rings. The van der Waals surface area contributed by atoms with Gasteiger partial charge in [0.15, 0.2) is 0 Å². The summed E-state index contributed by atoms with van der Waals surface area (Å²) in [7, 11) is 0. The summed E-state index contributed by atoms with van der Waals surface area (Å²) in [6.07, 6.45) is 0. The molecule has 1 unspecified atom stereocenters. The predicted molar refractivity (Wildman–Crippen MR) is 132 cm³/mol. The fourth-order valence-electron chi connectivity index (χ4n) is 3.88. The van der Waals surface area contributed by atoms with Crippen molar-refractivity contribution in [1.29, 1.82) is 5.26 Å². The fourth-order valence-corrected chi connectivity index (χ4v) is 3.88. The average molecular weight is 454 g/mol. The van der Waals surface area contributed by atoms with Gasteiger partial charge in [-0.05, 0) is 47.7 Å². The fraction of sp³-hybridized carbons (Fsp3) is 0.179. The average Bonchev–Trinajstić information content (AvgIpc) is 2.84. The van der Waals surface area contributed by atoms with E-state index >= 15 is 0 Å². The first-order chi connectivity index (χ1) is 16.3. The number of nitriles is 1. The smallest absolute Gasteiger partial charge is 0.325 e. The molecule has 0 bridgehead atoms. The summed E-state index contributed by atoms with van der Waals surface area (Å²) in [5.41, 5.74) is 5.38.